The Morgan fingerprint density at radius 2 is 0.852 bits per heavy atom. The molecule has 0 heterocycles. The molecule has 0 N–H and O–H groups in total. The highest BCUT2D eigenvalue weighted by atomic mass is 35.5. The van der Waals surface area contributed by atoms with Crippen molar-refractivity contribution in [1.29, 1.82) is 0 Å². The molecule has 0 aromatic heterocycles. The van der Waals surface area contributed by atoms with Gasteiger partial charge in [0.15, 0.2) is 0 Å². The second kappa shape index (κ2) is 22.3. The molecule has 0 bridgehead atoms. The Bertz CT molecular complexity index is 372. The standard InChI is InChI=1S/C18H37Si.C6H4Cl2/c1-2-3-4-5-6-7-8-9-10-11-12-13-14-15-16-17-18-19;7-5-3-1-2-4-6(5)8/h2-18H2,1H3;1-4H. The molecule has 1 aromatic rings. The van der Waals surface area contributed by atoms with Gasteiger partial charge in [0.05, 0.1) is 10.0 Å². The number of hydrogen-bond donors (Lipinski definition) is 0. The smallest absolute Gasteiger partial charge is 0.0592 e. The van der Waals surface area contributed by atoms with Crippen LogP contribution in [0.15, 0.2) is 24.3 Å². The molecule has 0 unspecified atom stereocenters. The molecule has 0 aliphatic heterocycles. The number of rotatable bonds is 16. The first-order valence-corrected chi connectivity index (χ1v) is 12.7. The minimum absolute atomic E-state index is 0.606. The summed E-state index contributed by atoms with van der Waals surface area (Å²) in [6.45, 7) is 2.29. The summed E-state index contributed by atoms with van der Waals surface area (Å²) in [7, 11) is 3.53. The minimum atomic E-state index is 0.606. The van der Waals surface area contributed by atoms with Crippen molar-refractivity contribution >= 4 is 33.4 Å². The van der Waals surface area contributed by atoms with Crippen LogP contribution in [0.1, 0.15) is 110 Å². The van der Waals surface area contributed by atoms with Crippen LogP contribution in [0.4, 0.5) is 0 Å². The normalized spacial score (nSPS) is 10.5. The Hall–Kier alpha value is 0.0169. The van der Waals surface area contributed by atoms with Crippen molar-refractivity contribution in [2.45, 2.75) is 116 Å². The van der Waals surface area contributed by atoms with Gasteiger partial charge >= 0.3 is 0 Å². The Kier molecular flexibility index (Phi) is 22.3. The SMILES string of the molecule is CCCCCCCCCCCCCCCCCC[Si].Clc1ccccc1Cl. The zero-order valence-corrected chi connectivity index (χ0v) is 20.1. The Morgan fingerprint density at radius 3 is 1.11 bits per heavy atom. The summed E-state index contributed by atoms with van der Waals surface area (Å²) in [4.78, 5) is 0. The van der Waals surface area contributed by atoms with Crippen LogP contribution in [0.3, 0.4) is 0 Å². The molecule has 0 amide bonds. The van der Waals surface area contributed by atoms with E-state index < -0.39 is 0 Å². The molecule has 0 nitrogen and oxygen atoms in total. The molecule has 0 atom stereocenters. The van der Waals surface area contributed by atoms with E-state index in [9.17, 15) is 0 Å². The average molecular weight is 429 g/mol. The van der Waals surface area contributed by atoms with Gasteiger partial charge in [-0.25, -0.2) is 0 Å². The van der Waals surface area contributed by atoms with E-state index in [1.807, 2.05) is 12.1 Å². The van der Waals surface area contributed by atoms with E-state index in [0.29, 0.717) is 10.0 Å². The highest BCUT2D eigenvalue weighted by Gasteiger charge is 1.94. The van der Waals surface area contributed by atoms with Crippen LogP contribution in [-0.2, 0) is 0 Å². The molecule has 0 aliphatic rings. The van der Waals surface area contributed by atoms with Gasteiger partial charge in [-0.3, -0.25) is 0 Å². The van der Waals surface area contributed by atoms with E-state index >= 15 is 0 Å². The highest BCUT2D eigenvalue weighted by Crippen LogP contribution is 2.19. The quantitative estimate of drug-likeness (QED) is 0.181. The second-order valence-corrected chi connectivity index (χ2v) is 8.78. The van der Waals surface area contributed by atoms with Gasteiger partial charge in [-0.2, -0.15) is 0 Å². The van der Waals surface area contributed by atoms with Crippen molar-refractivity contribution < 1.29 is 0 Å². The zero-order valence-electron chi connectivity index (χ0n) is 17.6. The van der Waals surface area contributed by atoms with Crippen molar-refractivity contribution in [2.24, 2.45) is 0 Å². The predicted octanol–water partition coefficient (Wildman–Crippen LogP) is 9.83. The maximum absolute atomic E-state index is 5.58. The van der Waals surface area contributed by atoms with E-state index in [1.54, 1.807) is 12.1 Å². The van der Waals surface area contributed by atoms with Crippen LogP contribution in [0, 0.1) is 0 Å². The van der Waals surface area contributed by atoms with E-state index in [2.05, 4.69) is 17.2 Å². The van der Waals surface area contributed by atoms with E-state index in [0.717, 1.165) is 0 Å². The van der Waals surface area contributed by atoms with Gasteiger partial charge in [0.2, 0.25) is 0 Å². The van der Waals surface area contributed by atoms with Crippen LogP contribution in [0.5, 0.6) is 0 Å². The van der Waals surface area contributed by atoms with E-state index in [1.165, 1.54) is 109 Å². The van der Waals surface area contributed by atoms with E-state index in [-0.39, 0.29) is 0 Å². The third-order valence-electron chi connectivity index (χ3n) is 4.85. The van der Waals surface area contributed by atoms with Crippen molar-refractivity contribution in [3.63, 3.8) is 0 Å². The lowest BCUT2D eigenvalue weighted by Crippen LogP contribution is -1.83. The van der Waals surface area contributed by atoms with Gasteiger partial charge in [-0.05, 0) is 12.1 Å². The molecule has 0 saturated heterocycles. The summed E-state index contributed by atoms with van der Waals surface area (Å²) < 4.78 is 0. The summed E-state index contributed by atoms with van der Waals surface area (Å²) in [6.07, 6.45) is 23.3. The van der Waals surface area contributed by atoms with Gasteiger partial charge in [-0.1, -0.05) is 151 Å². The van der Waals surface area contributed by atoms with Crippen LogP contribution >= 0.6 is 23.2 Å². The fraction of sp³-hybridized carbons (Fsp3) is 0.750. The molecular formula is C24H41Cl2Si. The van der Waals surface area contributed by atoms with Crippen LogP contribution in [0.2, 0.25) is 16.1 Å². The zero-order chi connectivity index (χ0) is 20.0. The summed E-state index contributed by atoms with van der Waals surface area (Å²) in [5.74, 6) is 0. The topological polar surface area (TPSA) is 0 Å². The summed E-state index contributed by atoms with van der Waals surface area (Å²) in [6, 6.07) is 8.37. The van der Waals surface area contributed by atoms with E-state index in [4.69, 9.17) is 23.2 Å². The molecule has 1 aromatic carbocycles. The summed E-state index contributed by atoms with van der Waals surface area (Å²) in [5.41, 5.74) is 0. The second-order valence-electron chi connectivity index (χ2n) is 7.47. The van der Waals surface area contributed by atoms with Crippen molar-refractivity contribution in [2.75, 3.05) is 0 Å². The lowest BCUT2D eigenvalue weighted by atomic mass is 10.0. The Labute approximate surface area is 183 Å². The molecule has 3 radical (unpaired) electrons. The van der Waals surface area contributed by atoms with Gasteiger partial charge in [0.1, 0.15) is 0 Å². The maximum atomic E-state index is 5.58. The third kappa shape index (κ3) is 20.6. The molecule has 3 heteroatoms. The third-order valence-corrected chi connectivity index (χ3v) is 5.96. The van der Waals surface area contributed by atoms with Crippen LogP contribution < -0.4 is 0 Å². The lowest BCUT2D eigenvalue weighted by Gasteiger charge is -2.03. The molecule has 1 rings (SSSR count). The van der Waals surface area contributed by atoms with Crippen molar-refractivity contribution in [3.05, 3.63) is 34.3 Å². The highest BCUT2D eigenvalue weighted by molar-refractivity contribution is 6.41. The Morgan fingerprint density at radius 1 is 0.556 bits per heavy atom. The van der Waals surface area contributed by atoms with Gasteiger partial charge < -0.3 is 0 Å². The first-order valence-electron chi connectivity index (χ1n) is 11.3. The van der Waals surface area contributed by atoms with Gasteiger partial charge in [0, 0.05) is 10.2 Å². The number of unbranched alkanes of at least 4 members (excludes halogenated alkanes) is 15. The van der Waals surface area contributed by atoms with Crippen LogP contribution in [-0.4, -0.2) is 10.2 Å². The molecule has 0 saturated carbocycles. The molecule has 155 valence electrons. The predicted molar refractivity (Wildman–Crippen MR) is 127 cm³/mol. The number of hydrogen-bond acceptors (Lipinski definition) is 0. The van der Waals surface area contributed by atoms with Crippen molar-refractivity contribution in [3.8, 4) is 0 Å². The fourth-order valence-electron chi connectivity index (χ4n) is 3.11. The monoisotopic (exact) mass is 427 g/mol. The fourth-order valence-corrected chi connectivity index (χ4v) is 3.63. The lowest BCUT2D eigenvalue weighted by molar-refractivity contribution is 0.531. The molecular weight excluding hydrogens is 387 g/mol. The summed E-state index contributed by atoms with van der Waals surface area (Å²) in [5, 5.41) is 1.21. The maximum Gasteiger partial charge on any atom is 0.0592 e. The number of halogens is 2. The first kappa shape index (κ1) is 27.0. The van der Waals surface area contributed by atoms with Gasteiger partial charge in [0.25, 0.3) is 0 Å². The molecule has 27 heavy (non-hydrogen) atoms. The molecule has 0 spiro atoms. The summed E-state index contributed by atoms with van der Waals surface area (Å²) >= 11 is 11.2. The molecule has 0 fully saturated rings. The van der Waals surface area contributed by atoms with Gasteiger partial charge in [-0.15, -0.1) is 0 Å². The van der Waals surface area contributed by atoms with Crippen LogP contribution in [0.25, 0.3) is 0 Å². The Balaban J connectivity index is 0.000000694. The minimum Gasteiger partial charge on any atom is -0.0827 e. The average Bonchev–Trinajstić information content (AvgIpc) is 2.68. The first-order chi connectivity index (χ1) is 13.2. The van der Waals surface area contributed by atoms with Crippen molar-refractivity contribution in [1.82, 2.24) is 0 Å². The largest absolute Gasteiger partial charge is 0.0827 e. The molecule has 0 aliphatic carbocycles. The number of benzene rings is 1.